The SMILES string of the molecule is Cc1cc(F)cc(C)c1S(=O)(=O)N[C@H]1CCCC[C@@H]1O. The number of nitrogens with one attached hydrogen (secondary N) is 1. The lowest BCUT2D eigenvalue weighted by Crippen LogP contribution is -2.45. The van der Waals surface area contributed by atoms with Crippen molar-refractivity contribution >= 4 is 10.0 Å². The second kappa shape index (κ2) is 5.79. The Morgan fingerprint density at radius 3 is 2.30 bits per heavy atom. The molecule has 0 heterocycles. The van der Waals surface area contributed by atoms with Crippen molar-refractivity contribution in [3.05, 3.63) is 29.1 Å². The summed E-state index contributed by atoms with van der Waals surface area (Å²) < 4.78 is 40.7. The monoisotopic (exact) mass is 301 g/mol. The molecule has 0 radical (unpaired) electrons. The molecule has 1 aliphatic rings. The van der Waals surface area contributed by atoms with Crippen molar-refractivity contribution in [1.29, 1.82) is 0 Å². The molecule has 0 spiro atoms. The average Bonchev–Trinajstić information content (AvgIpc) is 2.30. The van der Waals surface area contributed by atoms with E-state index in [1.165, 1.54) is 12.1 Å². The van der Waals surface area contributed by atoms with Crippen LogP contribution in [-0.4, -0.2) is 25.7 Å². The molecule has 0 unspecified atom stereocenters. The molecule has 1 fully saturated rings. The van der Waals surface area contributed by atoms with Gasteiger partial charge in [0.1, 0.15) is 5.82 Å². The second-order valence-corrected chi connectivity index (χ2v) is 7.10. The van der Waals surface area contributed by atoms with E-state index in [9.17, 15) is 17.9 Å². The zero-order chi connectivity index (χ0) is 14.9. The van der Waals surface area contributed by atoms with Gasteiger partial charge in [-0.15, -0.1) is 0 Å². The molecule has 2 rings (SSSR count). The van der Waals surface area contributed by atoms with Crippen molar-refractivity contribution in [2.45, 2.75) is 56.6 Å². The Balaban J connectivity index is 2.31. The van der Waals surface area contributed by atoms with Crippen LogP contribution in [0.1, 0.15) is 36.8 Å². The fourth-order valence-electron chi connectivity index (χ4n) is 2.83. The summed E-state index contributed by atoms with van der Waals surface area (Å²) in [5, 5.41) is 9.87. The van der Waals surface area contributed by atoms with Gasteiger partial charge in [-0.2, -0.15) is 0 Å². The third-order valence-corrected chi connectivity index (χ3v) is 5.52. The second-order valence-electron chi connectivity index (χ2n) is 5.45. The van der Waals surface area contributed by atoms with Gasteiger partial charge < -0.3 is 5.11 Å². The summed E-state index contributed by atoms with van der Waals surface area (Å²) in [4.78, 5) is 0.108. The number of benzene rings is 1. The molecule has 4 nitrogen and oxygen atoms in total. The highest BCUT2D eigenvalue weighted by Gasteiger charge is 2.29. The van der Waals surface area contributed by atoms with E-state index >= 15 is 0 Å². The van der Waals surface area contributed by atoms with E-state index in [-0.39, 0.29) is 4.90 Å². The van der Waals surface area contributed by atoms with Crippen LogP contribution in [0.15, 0.2) is 17.0 Å². The predicted molar refractivity (Wildman–Crippen MR) is 74.5 cm³/mol. The number of aliphatic hydroxyl groups excluding tert-OH is 1. The zero-order valence-electron chi connectivity index (χ0n) is 11.7. The predicted octanol–water partition coefficient (Wildman–Crippen LogP) is 2.02. The Hall–Kier alpha value is -0.980. The van der Waals surface area contributed by atoms with E-state index in [0.29, 0.717) is 24.0 Å². The van der Waals surface area contributed by atoms with Gasteiger partial charge in [0.05, 0.1) is 11.0 Å². The summed E-state index contributed by atoms with van der Waals surface area (Å²) in [6.45, 7) is 3.14. The Kier molecular flexibility index (Phi) is 4.46. The van der Waals surface area contributed by atoms with Crippen LogP contribution in [0.5, 0.6) is 0 Å². The van der Waals surface area contributed by atoms with E-state index in [2.05, 4.69) is 4.72 Å². The largest absolute Gasteiger partial charge is 0.391 e. The highest BCUT2D eigenvalue weighted by atomic mass is 32.2. The Morgan fingerprint density at radius 1 is 1.20 bits per heavy atom. The molecule has 0 aliphatic heterocycles. The fraction of sp³-hybridized carbons (Fsp3) is 0.571. The number of hydrogen-bond acceptors (Lipinski definition) is 3. The number of sulfonamides is 1. The molecule has 1 aliphatic carbocycles. The van der Waals surface area contributed by atoms with Crippen LogP contribution in [0, 0.1) is 19.7 Å². The highest BCUT2D eigenvalue weighted by Crippen LogP contribution is 2.24. The van der Waals surface area contributed by atoms with Gasteiger partial charge >= 0.3 is 0 Å². The topological polar surface area (TPSA) is 66.4 Å². The molecule has 1 aromatic rings. The van der Waals surface area contributed by atoms with Gasteiger partial charge in [0.25, 0.3) is 0 Å². The molecule has 2 atom stereocenters. The van der Waals surface area contributed by atoms with Gasteiger partial charge in [-0.25, -0.2) is 17.5 Å². The molecule has 0 aromatic heterocycles. The Bertz CT molecular complexity index is 577. The van der Waals surface area contributed by atoms with E-state index in [4.69, 9.17) is 0 Å². The lowest BCUT2D eigenvalue weighted by atomic mass is 9.93. The van der Waals surface area contributed by atoms with Gasteiger partial charge in [0, 0.05) is 6.04 Å². The molecule has 1 saturated carbocycles. The molecule has 0 saturated heterocycles. The van der Waals surface area contributed by atoms with Crippen molar-refractivity contribution < 1.29 is 17.9 Å². The van der Waals surface area contributed by atoms with E-state index < -0.39 is 28.0 Å². The third-order valence-electron chi connectivity index (χ3n) is 3.73. The molecule has 20 heavy (non-hydrogen) atoms. The normalized spacial score (nSPS) is 23.8. The molecular weight excluding hydrogens is 281 g/mol. The minimum Gasteiger partial charge on any atom is -0.391 e. The molecular formula is C14H20FNO3S. The fourth-order valence-corrected chi connectivity index (χ4v) is 4.59. The zero-order valence-corrected chi connectivity index (χ0v) is 12.5. The maximum atomic E-state index is 13.3. The van der Waals surface area contributed by atoms with Gasteiger partial charge in [-0.05, 0) is 49.9 Å². The molecule has 1 aromatic carbocycles. The number of rotatable bonds is 3. The van der Waals surface area contributed by atoms with Crippen LogP contribution >= 0.6 is 0 Å². The van der Waals surface area contributed by atoms with Crippen molar-refractivity contribution in [2.75, 3.05) is 0 Å². The number of aliphatic hydroxyl groups is 1. The van der Waals surface area contributed by atoms with Crippen LogP contribution in [-0.2, 0) is 10.0 Å². The van der Waals surface area contributed by atoms with Gasteiger partial charge in [-0.1, -0.05) is 12.8 Å². The van der Waals surface area contributed by atoms with E-state index in [1.54, 1.807) is 13.8 Å². The molecule has 2 N–H and O–H groups in total. The molecule has 112 valence electrons. The minimum atomic E-state index is -3.75. The lowest BCUT2D eigenvalue weighted by molar-refractivity contribution is 0.101. The summed E-state index contributed by atoms with van der Waals surface area (Å²) in [5.41, 5.74) is 0.751. The highest BCUT2D eigenvalue weighted by molar-refractivity contribution is 7.89. The van der Waals surface area contributed by atoms with E-state index in [1.807, 2.05) is 0 Å². The first-order valence-corrected chi connectivity index (χ1v) is 8.27. The van der Waals surface area contributed by atoms with Gasteiger partial charge in [0.15, 0.2) is 0 Å². The maximum Gasteiger partial charge on any atom is 0.241 e. The average molecular weight is 301 g/mol. The lowest BCUT2D eigenvalue weighted by Gasteiger charge is -2.28. The van der Waals surface area contributed by atoms with Crippen molar-refractivity contribution in [3.8, 4) is 0 Å². The summed E-state index contributed by atoms with van der Waals surface area (Å²) in [6.07, 6.45) is 2.38. The smallest absolute Gasteiger partial charge is 0.241 e. The van der Waals surface area contributed by atoms with Crippen LogP contribution in [0.4, 0.5) is 4.39 Å². The quantitative estimate of drug-likeness (QED) is 0.897. The molecule has 0 amide bonds. The maximum absolute atomic E-state index is 13.3. The van der Waals surface area contributed by atoms with Crippen LogP contribution in [0.3, 0.4) is 0 Å². The summed E-state index contributed by atoms with van der Waals surface area (Å²) in [6, 6.07) is 1.95. The first-order chi connectivity index (χ1) is 9.31. The number of aryl methyl sites for hydroxylation is 2. The summed E-state index contributed by atoms with van der Waals surface area (Å²) in [5.74, 6) is -0.448. The molecule has 0 bridgehead atoms. The first-order valence-electron chi connectivity index (χ1n) is 6.78. The summed E-state index contributed by atoms with van der Waals surface area (Å²) >= 11 is 0. The van der Waals surface area contributed by atoms with Crippen molar-refractivity contribution in [3.63, 3.8) is 0 Å². The summed E-state index contributed by atoms with van der Waals surface area (Å²) in [7, 11) is -3.75. The Morgan fingerprint density at radius 2 is 1.75 bits per heavy atom. The number of halogens is 1. The minimum absolute atomic E-state index is 0.108. The molecule has 6 heteroatoms. The van der Waals surface area contributed by atoms with Crippen molar-refractivity contribution in [2.24, 2.45) is 0 Å². The Labute approximate surface area is 119 Å². The van der Waals surface area contributed by atoms with Crippen LogP contribution < -0.4 is 4.72 Å². The van der Waals surface area contributed by atoms with E-state index in [0.717, 1.165) is 12.8 Å². The van der Waals surface area contributed by atoms with Crippen LogP contribution in [0.25, 0.3) is 0 Å². The van der Waals surface area contributed by atoms with Crippen molar-refractivity contribution in [1.82, 2.24) is 4.72 Å². The van der Waals surface area contributed by atoms with Crippen LogP contribution in [0.2, 0.25) is 0 Å². The standard InChI is InChI=1S/C14H20FNO3S/c1-9-7-11(15)8-10(2)14(9)20(18,19)16-12-5-3-4-6-13(12)17/h7-8,12-13,16-17H,3-6H2,1-2H3/t12-,13-/m0/s1. The number of hydrogen-bond donors (Lipinski definition) is 2. The van der Waals surface area contributed by atoms with Gasteiger partial charge in [-0.3, -0.25) is 0 Å². The first kappa shape index (κ1) is 15.4. The van der Waals surface area contributed by atoms with Gasteiger partial charge in [0.2, 0.25) is 10.0 Å². The third kappa shape index (κ3) is 3.19.